The number of carbonyl (C=O) groups is 2. The van der Waals surface area contributed by atoms with Gasteiger partial charge in [0.2, 0.25) is 0 Å². The Hall–Kier alpha value is -2.96. The van der Waals surface area contributed by atoms with Crippen molar-refractivity contribution in [3.8, 4) is 0 Å². The first kappa shape index (κ1) is 15.9. The van der Waals surface area contributed by atoms with Crippen LogP contribution in [-0.4, -0.2) is 47.9 Å². The molecule has 0 unspecified atom stereocenters. The summed E-state index contributed by atoms with van der Waals surface area (Å²) in [6.07, 6.45) is 3.07. The van der Waals surface area contributed by atoms with Gasteiger partial charge in [0, 0.05) is 38.1 Å². The van der Waals surface area contributed by atoms with Crippen molar-refractivity contribution >= 4 is 23.2 Å². The predicted molar refractivity (Wildman–Crippen MR) is 88.1 cm³/mol. The first-order valence-electron chi connectivity index (χ1n) is 7.64. The number of nitrogens with one attached hydrogen (secondary N) is 1. The normalized spacial score (nSPS) is 14.4. The first-order valence-corrected chi connectivity index (χ1v) is 7.64. The molecule has 0 atom stereocenters. The van der Waals surface area contributed by atoms with E-state index in [1.807, 2.05) is 0 Å². The van der Waals surface area contributed by atoms with Gasteiger partial charge in [-0.15, -0.1) is 0 Å². The molecule has 0 bridgehead atoms. The summed E-state index contributed by atoms with van der Waals surface area (Å²) in [5, 5.41) is 2.54. The molecule has 1 aliphatic heterocycles. The van der Waals surface area contributed by atoms with Crippen molar-refractivity contribution in [1.82, 2.24) is 9.88 Å². The highest BCUT2D eigenvalue weighted by atomic mass is 19.1. The van der Waals surface area contributed by atoms with Crippen LogP contribution in [0.25, 0.3) is 0 Å². The lowest BCUT2D eigenvalue weighted by Crippen LogP contribution is -2.51. The number of hydrogen-bond donors (Lipinski definition) is 1. The van der Waals surface area contributed by atoms with E-state index in [9.17, 15) is 14.0 Å². The van der Waals surface area contributed by atoms with Crippen molar-refractivity contribution in [3.63, 3.8) is 0 Å². The number of pyridine rings is 1. The lowest BCUT2D eigenvalue weighted by atomic mass is 10.2. The quantitative estimate of drug-likeness (QED) is 0.849. The minimum atomic E-state index is -0.668. The maximum Gasteiger partial charge on any atom is 0.313 e. The number of carbonyl (C=O) groups excluding carboxylic acids is 2. The second kappa shape index (κ2) is 7.08. The molecular formula is C17H17FN4O2. The highest BCUT2D eigenvalue weighted by Gasteiger charge is 2.26. The molecule has 0 aliphatic carbocycles. The number of anilines is 2. The largest absolute Gasteiger partial charge is 0.368 e. The summed E-state index contributed by atoms with van der Waals surface area (Å²) in [5.74, 6) is -1.50. The minimum Gasteiger partial charge on any atom is -0.368 e. The van der Waals surface area contributed by atoms with E-state index >= 15 is 0 Å². The second-order valence-electron chi connectivity index (χ2n) is 5.45. The Morgan fingerprint density at radius 1 is 1.04 bits per heavy atom. The number of aromatic nitrogens is 1. The van der Waals surface area contributed by atoms with Gasteiger partial charge in [0.15, 0.2) is 0 Å². The van der Waals surface area contributed by atoms with E-state index in [2.05, 4.69) is 15.2 Å². The highest BCUT2D eigenvalue weighted by molar-refractivity contribution is 6.39. The van der Waals surface area contributed by atoms with Crippen LogP contribution in [0.3, 0.4) is 0 Å². The van der Waals surface area contributed by atoms with Crippen molar-refractivity contribution in [2.45, 2.75) is 0 Å². The Labute approximate surface area is 138 Å². The zero-order valence-electron chi connectivity index (χ0n) is 13.0. The van der Waals surface area contributed by atoms with Gasteiger partial charge in [-0.2, -0.15) is 0 Å². The number of hydrogen-bond acceptors (Lipinski definition) is 4. The molecule has 0 spiro atoms. The minimum absolute atomic E-state index is 0.278. The summed E-state index contributed by atoms with van der Waals surface area (Å²) >= 11 is 0. The topological polar surface area (TPSA) is 65.5 Å². The van der Waals surface area contributed by atoms with Crippen LogP contribution in [0.5, 0.6) is 0 Å². The third-order valence-electron chi connectivity index (χ3n) is 3.87. The molecule has 1 aromatic heterocycles. The van der Waals surface area contributed by atoms with Crippen LogP contribution in [-0.2, 0) is 9.59 Å². The molecule has 1 aliphatic rings. The number of piperazine rings is 1. The Kier molecular flexibility index (Phi) is 4.69. The van der Waals surface area contributed by atoms with Crippen LogP contribution in [0.2, 0.25) is 0 Å². The smallest absolute Gasteiger partial charge is 0.313 e. The van der Waals surface area contributed by atoms with Crippen molar-refractivity contribution in [1.29, 1.82) is 0 Å². The molecule has 24 heavy (non-hydrogen) atoms. The summed E-state index contributed by atoms with van der Waals surface area (Å²) < 4.78 is 13.0. The van der Waals surface area contributed by atoms with Gasteiger partial charge in [0.05, 0.1) is 11.9 Å². The fourth-order valence-corrected chi connectivity index (χ4v) is 2.58. The Morgan fingerprint density at radius 3 is 2.38 bits per heavy atom. The summed E-state index contributed by atoms with van der Waals surface area (Å²) in [6, 6.07) is 9.60. The maximum atomic E-state index is 13.0. The van der Waals surface area contributed by atoms with E-state index in [1.165, 1.54) is 23.2 Å². The Bertz CT molecular complexity index is 713. The molecule has 2 heterocycles. The number of nitrogens with zero attached hydrogens (tertiary/aromatic N) is 3. The molecule has 1 saturated heterocycles. The van der Waals surface area contributed by atoms with Crippen molar-refractivity contribution in [3.05, 3.63) is 54.6 Å². The molecule has 1 aromatic carbocycles. The average molecular weight is 328 g/mol. The summed E-state index contributed by atoms with van der Waals surface area (Å²) in [5.41, 5.74) is 1.39. The first-order chi connectivity index (χ1) is 11.6. The number of amides is 2. The second-order valence-corrected chi connectivity index (χ2v) is 5.45. The van der Waals surface area contributed by atoms with Gasteiger partial charge in [-0.25, -0.2) is 4.39 Å². The summed E-state index contributed by atoms with van der Waals surface area (Å²) in [4.78, 5) is 31.7. The molecule has 1 N–H and O–H groups in total. The van der Waals surface area contributed by atoms with E-state index in [4.69, 9.17) is 0 Å². The van der Waals surface area contributed by atoms with Crippen LogP contribution < -0.4 is 10.2 Å². The molecule has 1 fully saturated rings. The zero-order valence-corrected chi connectivity index (χ0v) is 13.0. The molecule has 7 heteroatoms. The summed E-state index contributed by atoms with van der Waals surface area (Å²) in [7, 11) is 0. The van der Waals surface area contributed by atoms with Gasteiger partial charge in [-0.05, 0) is 36.4 Å². The molecule has 0 saturated carbocycles. The lowest BCUT2D eigenvalue weighted by molar-refractivity contribution is -0.143. The van der Waals surface area contributed by atoms with Gasteiger partial charge in [0.1, 0.15) is 5.82 Å². The molecular weight excluding hydrogens is 311 g/mol. The van der Waals surface area contributed by atoms with Crippen molar-refractivity contribution in [2.24, 2.45) is 0 Å². The fourth-order valence-electron chi connectivity index (χ4n) is 2.58. The Balaban J connectivity index is 1.55. The van der Waals surface area contributed by atoms with Gasteiger partial charge in [-0.1, -0.05) is 0 Å². The van der Waals surface area contributed by atoms with Crippen LogP contribution in [0.15, 0.2) is 48.8 Å². The maximum absolute atomic E-state index is 13.0. The third kappa shape index (κ3) is 3.68. The lowest BCUT2D eigenvalue weighted by Gasteiger charge is -2.35. The van der Waals surface area contributed by atoms with E-state index in [1.54, 1.807) is 30.5 Å². The fraction of sp³-hybridized carbons (Fsp3) is 0.235. The molecule has 3 rings (SSSR count). The molecule has 6 nitrogen and oxygen atoms in total. The average Bonchev–Trinajstić information content (AvgIpc) is 2.63. The molecule has 0 radical (unpaired) electrons. The van der Waals surface area contributed by atoms with Gasteiger partial charge in [-0.3, -0.25) is 14.6 Å². The number of rotatable bonds is 2. The molecule has 2 aromatic rings. The van der Waals surface area contributed by atoms with Gasteiger partial charge < -0.3 is 15.1 Å². The third-order valence-corrected chi connectivity index (χ3v) is 3.87. The number of benzene rings is 1. The SMILES string of the molecule is O=C(Nc1cccnc1)C(=O)N1CCN(c2ccc(F)cc2)CC1. The zero-order chi connectivity index (χ0) is 16.9. The van der Waals surface area contributed by atoms with Crippen LogP contribution in [0, 0.1) is 5.82 Å². The van der Waals surface area contributed by atoms with Crippen LogP contribution in [0.4, 0.5) is 15.8 Å². The van der Waals surface area contributed by atoms with Crippen molar-refractivity contribution < 1.29 is 14.0 Å². The Morgan fingerprint density at radius 2 is 1.75 bits per heavy atom. The van der Waals surface area contributed by atoms with Crippen LogP contribution >= 0.6 is 0 Å². The monoisotopic (exact) mass is 328 g/mol. The summed E-state index contributed by atoms with van der Waals surface area (Å²) in [6.45, 7) is 2.07. The van der Waals surface area contributed by atoms with Crippen molar-refractivity contribution in [2.75, 3.05) is 36.4 Å². The van der Waals surface area contributed by atoms with Gasteiger partial charge in [0.25, 0.3) is 0 Å². The van der Waals surface area contributed by atoms with E-state index in [0.717, 1.165) is 5.69 Å². The molecule has 2 amide bonds. The van der Waals surface area contributed by atoms with Gasteiger partial charge >= 0.3 is 11.8 Å². The standard InChI is InChI=1S/C17H17FN4O2/c18-13-3-5-15(6-4-13)21-8-10-22(11-9-21)17(24)16(23)20-14-2-1-7-19-12-14/h1-7,12H,8-11H2,(H,20,23). The van der Waals surface area contributed by atoms with E-state index in [-0.39, 0.29) is 5.82 Å². The predicted octanol–water partition coefficient (Wildman–Crippen LogP) is 1.51. The van der Waals surface area contributed by atoms with E-state index < -0.39 is 11.8 Å². The number of halogens is 1. The molecule has 124 valence electrons. The highest BCUT2D eigenvalue weighted by Crippen LogP contribution is 2.17. The van der Waals surface area contributed by atoms with Crippen LogP contribution in [0.1, 0.15) is 0 Å². The van der Waals surface area contributed by atoms with E-state index in [0.29, 0.717) is 31.9 Å².